The molecule has 0 fully saturated rings. The molecule has 0 saturated carbocycles. The third-order valence-corrected chi connectivity index (χ3v) is 4.18. The van der Waals surface area contributed by atoms with E-state index in [1.54, 1.807) is 0 Å². The molecule has 0 amide bonds. The maximum Gasteiger partial charge on any atom is 0.0616 e. The smallest absolute Gasteiger partial charge is 0.0616 e. The van der Waals surface area contributed by atoms with Crippen LogP contribution in [0.3, 0.4) is 0 Å². The van der Waals surface area contributed by atoms with Gasteiger partial charge in [0.2, 0.25) is 0 Å². The van der Waals surface area contributed by atoms with Gasteiger partial charge in [-0.2, -0.15) is 0 Å². The molecule has 2 aromatic carbocycles. The van der Waals surface area contributed by atoms with Gasteiger partial charge in [0.1, 0.15) is 0 Å². The zero-order valence-electron chi connectivity index (χ0n) is 14.0. The third kappa shape index (κ3) is 3.48. The Kier molecular flexibility index (Phi) is 4.52. The first-order valence-corrected chi connectivity index (χ1v) is 8.21. The summed E-state index contributed by atoms with van der Waals surface area (Å²) < 4.78 is 0. The van der Waals surface area contributed by atoms with Crippen molar-refractivity contribution in [2.45, 2.75) is 26.8 Å². The molecule has 2 nitrogen and oxygen atoms in total. The fourth-order valence-corrected chi connectivity index (χ4v) is 2.76. The van der Waals surface area contributed by atoms with Crippen molar-refractivity contribution in [1.82, 2.24) is 5.32 Å². The number of nitrogens with one attached hydrogen (secondary N) is 1. The number of aryl methyl sites for hydroxylation is 1. The van der Waals surface area contributed by atoms with E-state index < -0.39 is 0 Å². The molecule has 0 aliphatic carbocycles. The fourth-order valence-electron chi connectivity index (χ4n) is 2.76. The van der Waals surface area contributed by atoms with Gasteiger partial charge in [0.25, 0.3) is 0 Å². The minimum absolute atomic E-state index is 0.398. The number of hydrogen-bond acceptors (Lipinski definition) is 2. The predicted molar refractivity (Wildman–Crippen MR) is 98.7 cm³/mol. The summed E-state index contributed by atoms with van der Waals surface area (Å²) in [4.78, 5) is 2.28. The second-order valence-corrected chi connectivity index (χ2v) is 6.37. The molecule has 0 bridgehead atoms. The van der Waals surface area contributed by atoms with E-state index in [-0.39, 0.29) is 0 Å². The van der Waals surface area contributed by atoms with Crippen molar-refractivity contribution >= 4 is 11.4 Å². The van der Waals surface area contributed by atoms with E-state index in [2.05, 4.69) is 104 Å². The summed E-state index contributed by atoms with van der Waals surface area (Å²) in [5, 5.41) is 3.51. The summed E-state index contributed by atoms with van der Waals surface area (Å²) in [6.45, 7) is 6.58. The Labute approximate surface area is 139 Å². The van der Waals surface area contributed by atoms with Crippen molar-refractivity contribution in [3.8, 4) is 0 Å². The molecule has 1 N–H and O–H groups in total. The quantitative estimate of drug-likeness (QED) is 0.839. The normalized spacial score (nSPS) is 16.9. The molecule has 3 rings (SSSR count). The number of anilines is 2. The van der Waals surface area contributed by atoms with Crippen molar-refractivity contribution in [2.75, 3.05) is 4.90 Å². The minimum atomic E-state index is 0.398. The third-order valence-electron chi connectivity index (χ3n) is 4.18. The number of allylic oxidation sites excluding steroid dienone is 1. The van der Waals surface area contributed by atoms with Crippen LogP contribution in [0.4, 0.5) is 11.4 Å². The first-order valence-electron chi connectivity index (χ1n) is 8.21. The molecule has 1 aliphatic heterocycles. The van der Waals surface area contributed by atoms with Crippen LogP contribution in [0.5, 0.6) is 0 Å². The summed E-state index contributed by atoms with van der Waals surface area (Å²) in [6.07, 6.45) is 6.59. The lowest BCUT2D eigenvalue weighted by atomic mass is 10.0. The predicted octanol–water partition coefficient (Wildman–Crippen LogP) is 5.16. The minimum Gasteiger partial charge on any atom is -0.383 e. The highest BCUT2D eigenvalue weighted by molar-refractivity contribution is 5.70. The molecule has 23 heavy (non-hydrogen) atoms. The Morgan fingerprint density at radius 2 is 1.57 bits per heavy atom. The molecule has 1 aliphatic rings. The number of dihydropyridines is 1. The topological polar surface area (TPSA) is 15.3 Å². The Hall–Kier alpha value is -2.48. The first kappa shape index (κ1) is 15.4. The zero-order chi connectivity index (χ0) is 16.2. The van der Waals surface area contributed by atoms with E-state index in [0.29, 0.717) is 12.0 Å². The highest BCUT2D eigenvalue weighted by Gasteiger charge is 2.17. The van der Waals surface area contributed by atoms with Crippen molar-refractivity contribution in [3.63, 3.8) is 0 Å². The van der Waals surface area contributed by atoms with Crippen LogP contribution in [0, 0.1) is 12.8 Å². The van der Waals surface area contributed by atoms with Gasteiger partial charge in [-0.25, -0.2) is 0 Å². The second kappa shape index (κ2) is 6.74. The Balaban J connectivity index is 1.97. The van der Waals surface area contributed by atoms with Crippen molar-refractivity contribution in [3.05, 3.63) is 84.2 Å². The molecular weight excluding hydrogens is 280 g/mol. The first-order chi connectivity index (χ1) is 11.1. The van der Waals surface area contributed by atoms with Crippen molar-refractivity contribution in [2.24, 2.45) is 5.92 Å². The summed E-state index contributed by atoms with van der Waals surface area (Å²) in [5.41, 5.74) is 4.75. The fraction of sp³-hybridized carbons (Fsp3) is 0.238. The monoisotopic (exact) mass is 304 g/mol. The molecule has 1 atom stereocenters. The number of para-hydroxylation sites is 1. The van der Waals surface area contributed by atoms with Crippen LogP contribution in [0.15, 0.2) is 78.6 Å². The molecule has 0 spiro atoms. The van der Waals surface area contributed by atoms with E-state index >= 15 is 0 Å². The van der Waals surface area contributed by atoms with Gasteiger partial charge >= 0.3 is 0 Å². The van der Waals surface area contributed by atoms with Gasteiger partial charge in [0.15, 0.2) is 0 Å². The molecule has 2 heteroatoms. The molecule has 1 heterocycles. The summed E-state index contributed by atoms with van der Waals surface area (Å²) >= 11 is 0. The Morgan fingerprint density at radius 3 is 2.13 bits per heavy atom. The van der Waals surface area contributed by atoms with E-state index in [0.717, 1.165) is 11.4 Å². The van der Waals surface area contributed by atoms with Gasteiger partial charge in [-0.3, -0.25) is 0 Å². The van der Waals surface area contributed by atoms with E-state index in [9.17, 15) is 0 Å². The summed E-state index contributed by atoms with van der Waals surface area (Å²) in [7, 11) is 0. The van der Waals surface area contributed by atoms with Crippen LogP contribution in [0.2, 0.25) is 0 Å². The van der Waals surface area contributed by atoms with Gasteiger partial charge in [-0.05, 0) is 43.2 Å². The van der Waals surface area contributed by atoms with Crippen LogP contribution in [-0.4, -0.2) is 6.04 Å². The SMILES string of the molecule is Cc1ccc(N(C2=CNC(C(C)C)C=C2)c2ccccc2)cc1. The lowest BCUT2D eigenvalue weighted by molar-refractivity contribution is 0.509. The Morgan fingerprint density at radius 1 is 0.913 bits per heavy atom. The van der Waals surface area contributed by atoms with Crippen LogP contribution < -0.4 is 10.2 Å². The van der Waals surface area contributed by atoms with E-state index in [1.165, 1.54) is 11.3 Å². The highest BCUT2D eigenvalue weighted by Crippen LogP contribution is 2.31. The largest absolute Gasteiger partial charge is 0.383 e. The van der Waals surface area contributed by atoms with Crippen LogP contribution >= 0.6 is 0 Å². The number of rotatable bonds is 4. The lowest BCUT2D eigenvalue weighted by Crippen LogP contribution is -2.32. The van der Waals surface area contributed by atoms with Crippen molar-refractivity contribution in [1.29, 1.82) is 0 Å². The zero-order valence-corrected chi connectivity index (χ0v) is 14.0. The number of hydrogen-bond donors (Lipinski definition) is 1. The molecule has 0 radical (unpaired) electrons. The van der Waals surface area contributed by atoms with Crippen LogP contribution in [0.1, 0.15) is 19.4 Å². The van der Waals surface area contributed by atoms with Gasteiger partial charge in [-0.15, -0.1) is 0 Å². The lowest BCUT2D eigenvalue weighted by Gasteiger charge is -2.30. The van der Waals surface area contributed by atoms with Crippen molar-refractivity contribution < 1.29 is 0 Å². The molecule has 0 aromatic heterocycles. The van der Waals surface area contributed by atoms with E-state index in [1.807, 2.05) is 0 Å². The Bertz CT molecular complexity index is 696. The maximum atomic E-state index is 3.51. The molecular formula is C21H24N2. The number of benzene rings is 2. The van der Waals surface area contributed by atoms with Crippen LogP contribution in [-0.2, 0) is 0 Å². The number of nitrogens with zero attached hydrogens (tertiary/aromatic N) is 1. The second-order valence-electron chi connectivity index (χ2n) is 6.37. The highest BCUT2D eigenvalue weighted by atomic mass is 15.2. The van der Waals surface area contributed by atoms with Gasteiger partial charge in [0.05, 0.1) is 5.70 Å². The molecule has 2 aromatic rings. The standard InChI is InChI=1S/C21H24N2/c1-16(2)21-14-13-20(15-22-21)23(18-7-5-4-6-8-18)19-11-9-17(3)10-12-19/h4-16,21-22H,1-3H3. The van der Waals surface area contributed by atoms with E-state index in [4.69, 9.17) is 0 Å². The average molecular weight is 304 g/mol. The van der Waals surface area contributed by atoms with Gasteiger partial charge in [0, 0.05) is 23.6 Å². The maximum absolute atomic E-state index is 3.51. The van der Waals surface area contributed by atoms with Gasteiger partial charge < -0.3 is 10.2 Å². The molecule has 1 unspecified atom stereocenters. The average Bonchev–Trinajstić information content (AvgIpc) is 2.58. The summed E-state index contributed by atoms with van der Waals surface area (Å²) in [6, 6.07) is 19.5. The van der Waals surface area contributed by atoms with Gasteiger partial charge in [-0.1, -0.05) is 55.8 Å². The molecule has 0 saturated heterocycles. The van der Waals surface area contributed by atoms with Crippen LogP contribution in [0.25, 0.3) is 0 Å². The summed E-state index contributed by atoms with van der Waals surface area (Å²) in [5.74, 6) is 0.577. The molecule has 118 valence electrons.